The van der Waals surface area contributed by atoms with Crippen LogP contribution in [0.25, 0.3) is 0 Å². The van der Waals surface area contributed by atoms with Gasteiger partial charge in [-0.25, -0.2) is 0 Å². The smallest absolute Gasteiger partial charge is 0.0207 e. The van der Waals surface area contributed by atoms with E-state index in [9.17, 15) is 0 Å². The van der Waals surface area contributed by atoms with E-state index < -0.39 is 0 Å². The summed E-state index contributed by atoms with van der Waals surface area (Å²) in [5, 5.41) is 3.47. The molecule has 0 spiro atoms. The summed E-state index contributed by atoms with van der Waals surface area (Å²) in [5.74, 6) is 0. The van der Waals surface area contributed by atoms with Crippen molar-refractivity contribution in [1.29, 1.82) is 0 Å². The van der Waals surface area contributed by atoms with E-state index >= 15 is 0 Å². The molecule has 0 saturated carbocycles. The lowest BCUT2D eigenvalue weighted by Gasteiger charge is -2.22. The number of nitrogens with one attached hydrogen (secondary N) is 1. The normalized spacial score (nSPS) is 45.0. The van der Waals surface area contributed by atoms with Crippen molar-refractivity contribution in [3.63, 3.8) is 0 Å². The van der Waals surface area contributed by atoms with E-state index in [2.05, 4.69) is 10.2 Å². The average molecular weight is 112 g/mol. The van der Waals surface area contributed by atoms with Crippen LogP contribution in [0.5, 0.6) is 0 Å². The Bertz CT molecular complexity index is 78.5. The Kier molecular flexibility index (Phi) is 1.02. The molecule has 2 heterocycles. The molecule has 46 valence electrons. The summed E-state index contributed by atoms with van der Waals surface area (Å²) in [6.07, 6.45) is 1.38. The molecule has 0 aromatic heterocycles. The van der Waals surface area contributed by atoms with Crippen molar-refractivity contribution in [3.8, 4) is 0 Å². The van der Waals surface area contributed by atoms with Gasteiger partial charge in [0.25, 0.3) is 0 Å². The van der Waals surface area contributed by atoms with Crippen molar-refractivity contribution in [2.45, 2.75) is 12.5 Å². The molecule has 2 atom stereocenters. The van der Waals surface area contributed by atoms with Gasteiger partial charge in [0.15, 0.2) is 0 Å². The second-order valence-electron chi connectivity index (χ2n) is 2.74. The molecule has 0 amide bonds. The molecule has 0 aromatic rings. The molecule has 2 bridgehead atoms. The van der Waals surface area contributed by atoms with Crippen molar-refractivity contribution >= 4 is 0 Å². The highest BCUT2D eigenvalue weighted by Crippen LogP contribution is 2.10. The number of hydrogen-bond donors (Lipinski definition) is 1. The minimum absolute atomic E-state index is 0.837. The number of piperazine rings is 1. The minimum Gasteiger partial charge on any atom is -0.311 e. The monoisotopic (exact) mass is 112 g/mol. The van der Waals surface area contributed by atoms with Gasteiger partial charge in [0.2, 0.25) is 0 Å². The molecule has 2 saturated heterocycles. The fraction of sp³-hybridized carbons (Fsp3) is 1.00. The van der Waals surface area contributed by atoms with Gasteiger partial charge >= 0.3 is 0 Å². The predicted molar refractivity (Wildman–Crippen MR) is 32.8 cm³/mol. The highest BCUT2D eigenvalue weighted by atomic mass is 15.2. The van der Waals surface area contributed by atoms with Crippen LogP contribution in [0.4, 0.5) is 0 Å². The van der Waals surface area contributed by atoms with Crippen molar-refractivity contribution in [2.75, 3.05) is 26.2 Å². The van der Waals surface area contributed by atoms with Crippen LogP contribution in [-0.4, -0.2) is 37.1 Å². The lowest BCUT2D eigenvalue weighted by Crippen LogP contribution is -2.42. The third-order valence-electron chi connectivity index (χ3n) is 2.13. The first-order valence-electron chi connectivity index (χ1n) is 3.41. The van der Waals surface area contributed by atoms with Crippen LogP contribution >= 0.6 is 0 Å². The Hall–Kier alpha value is -0.0800. The summed E-state index contributed by atoms with van der Waals surface area (Å²) in [7, 11) is 0. The van der Waals surface area contributed by atoms with Crippen LogP contribution < -0.4 is 5.32 Å². The maximum absolute atomic E-state index is 3.47. The van der Waals surface area contributed by atoms with Crippen molar-refractivity contribution in [1.82, 2.24) is 10.2 Å². The molecule has 0 radical (unpaired) electrons. The highest BCUT2D eigenvalue weighted by Gasteiger charge is 2.24. The molecule has 2 rings (SSSR count). The van der Waals surface area contributed by atoms with Gasteiger partial charge in [-0.3, -0.25) is 0 Å². The zero-order valence-electron chi connectivity index (χ0n) is 5.06. The molecule has 2 fully saturated rings. The molecule has 2 nitrogen and oxygen atoms in total. The van der Waals surface area contributed by atoms with E-state index in [0.717, 1.165) is 6.04 Å². The van der Waals surface area contributed by atoms with Crippen LogP contribution in [0.3, 0.4) is 0 Å². The van der Waals surface area contributed by atoms with E-state index in [1.165, 1.54) is 32.6 Å². The minimum atomic E-state index is 0.837. The maximum atomic E-state index is 3.47. The molecule has 1 N–H and O–H groups in total. The van der Waals surface area contributed by atoms with Crippen LogP contribution in [-0.2, 0) is 0 Å². The first-order chi connectivity index (χ1) is 3.95. The molecule has 2 heteroatoms. The molecule has 0 unspecified atom stereocenters. The zero-order valence-corrected chi connectivity index (χ0v) is 5.06. The maximum Gasteiger partial charge on any atom is 0.0207 e. The summed E-state index contributed by atoms with van der Waals surface area (Å²) in [6, 6.07) is 0.837. The van der Waals surface area contributed by atoms with Gasteiger partial charge in [0.1, 0.15) is 0 Å². The first kappa shape index (κ1) is 4.77. The number of fused-ring (bicyclic) bond motifs is 2. The van der Waals surface area contributed by atoms with Crippen LogP contribution in [0.2, 0.25) is 0 Å². The fourth-order valence-corrected chi connectivity index (χ4v) is 1.63. The van der Waals surface area contributed by atoms with E-state index in [0.29, 0.717) is 0 Å². The quantitative estimate of drug-likeness (QED) is 0.461. The summed E-state index contributed by atoms with van der Waals surface area (Å²) in [6.45, 7) is 5.12. The van der Waals surface area contributed by atoms with Gasteiger partial charge in [-0.05, 0) is 13.0 Å². The van der Waals surface area contributed by atoms with Gasteiger partial charge < -0.3 is 10.2 Å². The largest absolute Gasteiger partial charge is 0.311 e. The molecule has 2 aliphatic heterocycles. The average Bonchev–Trinajstić information content (AvgIpc) is 2.12. The third kappa shape index (κ3) is 0.644. The topological polar surface area (TPSA) is 15.3 Å². The second kappa shape index (κ2) is 1.71. The van der Waals surface area contributed by atoms with E-state index in [4.69, 9.17) is 0 Å². The van der Waals surface area contributed by atoms with E-state index in [1.807, 2.05) is 0 Å². The van der Waals surface area contributed by atoms with Gasteiger partial charge in [-0.15, -0.1) is 0 Å². The Morgan fingerprint density at radius 2 is 2.38 bits per heavy atom. The number of nitrogens with zero attached hydrogens (tertiary/aromatic N) is 1. The molecular formula is C6H12N2. The van der Waals surface area contributed by atoms with Gasteiger partial charge in [-0.2, -0.15) is 0 Å². The summed E-state index contributed by atoms with van der Waals surface area (Å²) in [4.78, 5) is 2.53. The number of rotatable bonds is 0. The van der Waals surface area contributed by atoms with Gasteiger partial charge in [-0.1, -0.05) is 0 Å². The van der Waals surface area contributed by atoms with E-state index in [-0.39, 0.29) is 0 Å². The molecule has 8 heavy (non-hydrogen) atoms. The molecule has 0 aliphatic carbocycles. The molecule has 2 aliphatic rings. The summed E-state index contributed by atoms with van der Waals surface area (Å²) >= 11 is 0. The molecule has 0 aromatic carbocycles. The lowest BCUT2D eigenvalue weighted by atomic mass is 10.2. The number of hydrogen-bond acceptors (Lipinski definition) is 2. The Balaban J connectivity index is 2.03. The van der Waals surface area contributed by atoms with Gasteiger partial charge in [0.05, 0.1) is 0 Å². The highest BCUT2D eigenvalue weighted by molar-refractivity contribution is 4.85. The second-order valence-corrected chi connectivity index (χ2v) is 2.74. The lowest BCUT2D eigenvalue weighted by molar-refractivity contribution is 0.289. The Labute approximate surface area is 49.9 Å². The fourth-order valence-electron chi connectivity index (χ4n) is 1.63. The van der Waals surface area contributed by atoms with Crippen LogP contribution in [0.15, 0.2) is 0 Å². The summed E-state index contributed by atoms with van der Waals surface area (Å²) in [5.41, 5.74) is 0. The predicted octanol–water partition coefficient (Wildman–Crippen LogP) is -0.336. The SMILES string of the molecule is C1C[N@]2CC[C@@H](C2)N1. The standard InChI is InChI=1S/C6H12N2/c1-3-8-4-2-7-6(1)5-8/h6-7H,1-5H2/t6-/m0/s1. The van der Waals surface area contributed by atoms with E-state index in [1.54, 1.807) is 0 Å². The van der Waals surface area contributed by atoms with Gasteiger partial charge in [0, 0.05) is 25.7 Å². The Morgan fingerprint density at radius 3 is 3.12 bits per heavy atom. The van der Waals surface area contributed by atoms with Crippen molar-refractivity contribution in [2.24, 2.45) is 0 Å². The van der Waals surface area contributed by atoms with Crippen LogP contribution in [0, 0.1) is 0 Å². The zero-order chi connectivity index (χ0) is 5.40. The molecular weight excluding hydrogens is 100 g/mol. The first-order valence-corrected chi connectivity index (χ1v) is 3.41. The summed E-state index contributed by atoms with van der Waals surface area (Å²) < 4.78 is 0. The van der Waals surface area contributed by atoms with Crippen LogP contribution in [0.1, 0.15) is 6.42 Å². The van der Waals surface area contributed by atoms with Crippen molar-refractivity contribution < 1.29 is 0 Å². The van der Waals surface area contributed by atoms with Crippen molar-refractivity contribution in [3.05, 3.63) is 0 Å². The third-order valence-corrected chi connectivity index (χ3v) is 2.13. The Morgan fingerprint density at radius 1 is 1.38 bits per heavy atom.